The lowest BCUT2D eigenvalue weighted by Crippen LogP contribution is -2.35. The zero-order valence-corrected chi connectivity index (χ0v) is 10.9. The van der Waals surface area contributed by atoms with E-state index < -0.39 is 24.3 Å². The van der Waals surface area contributed by atoms with Crippen LogP contribution in [0.1, 0.15) is 20.7 Å². The first kappa shape index (κ1) is 13.8. The summed E-state index contributed by atoms with van der Waals surface area (Å²) in [6.45, 7) is -0.372. The van der Waals surface area contributed by atoms with Crippen molar-refractivity contribution in [1.29, 1.82) is 0 Å². The number of hydrogen-bond acceptors (Lipinski definition) is 5. The number of esters is 1. The topological polar surface area (TPSA) is 72.9 Å². The molecule has 1 aliphatic heterocycles. The van der Waals surface area contributed by atoms with E-state index in [2.05, 4.69) is 4.74 Å². The van der Waals surface area contributed by atoms with Gasteiger partial charge in [0, 0.05) is 0 Å². The van der Waals surface area contributed by atoms with Gasteiger partial charge in [0.2, 0.25) is 0 Å². The zero-order valence-electron chi connectivity index (χ0n) is 10.9. The third kappa shape index (κ3) is 2.69. The monoisotopic (exact) mass is 275 g/mol. The fraction of sp³-hybridized carbons (Fsp3) is 0.214. The fourth-order valence-corrected chi connectivity index (χ4v) is 1.83. The lowest BCUT2D eigenvalue weighted by Gasteiger charge is -2.12. The summed E-state index contributed by atoms with van der Waals surface area (Å²) in [5.74, 6) is -1.61. The Morgan fingerprint density at radius 3 is 2.35 bits per heavy atom. The van der Waals surface area contributed by atoms with Gasteiger partial charge >= 0.3 is 5.97 Å². The molecule has 0 saturated heterocycles. The number of benzene rings is 1. The molecule has 0 atom stereocenters. The van der Waals surface area contributed by atoms with Crippen molar-refractivity contribution in [2.24, 2.45) is 0 Å². The molecule has 0 fully saturated rings. The number of hydrogen-bond donors (Lipinski definition) is 0. The minimum absolute atomic E-state index is 0.0237. The van der Waals surface area contributed by atoms with E-state index in [4.69, 9.17) is 4.74 Å². The Kier molecular flexibility index (Phi) is 4.14. The molecule has 0 N–H and O–H groups in total. The summed E-state index contributed by atoms with van der Waals surface area (Å²) in [6, 6.07) is 6.45. The van der Waals surface area contributed by atoms with Crippen molar-refractivity contribution in [3.8, 4) is 0 Å². The first-order chi connectivity index (χ1) is 9.65. The number of methoxy groups -OCH3 is 1. The summed E-state index contributed by atoms with van der Waals surface area (Å²) in [4.78, 5) is 36.4. The molecule has 1 aliphatic rings. The smallest absolute Gasteiger partial charge is 0.326 e. The average molecular weight is 275 g/mol. The highest BCUT2D eigenvalue weighted by Crippen LogP contribution is 2.21. The van der Waals surface area contributed by atoms with Gasteiger partial charge in [-0.05, 0) is 18.2 Å². The molecule has 0 bridgehead atoms. The number of imide groups is 1. The molecule has 20 heavy (non-hydrogen) atoms. The molecular formula is C14H13NO5. The van der Waals surface area contributed by atoms with Crippen LogP contribution >= 0.6 is 0 Å². The Hall–Kier alpha value is -2.63. The zero-order chi connectivity index (χ0) is 14.5. The second-order valence-electron chi connectivity index (χ2n) is 4.03. The summed E-state index contributed by atoms with van der Waals surface area (Å²) in [5.41, 5.74) is 0.620. The van der Waals surface area contributed by atoms with E-state index in [1.54, 1.807) is 24.3 Å². The Bertz CT molecular complexity index is 544. The molecule has 1 heterocycles. The number of fused-ring (bicyclic) bond motifs is 1. The van der Waals surface area contributed by atoms with Crippen LogP contribution in [0.3, 0.4) is 0 Å². The Morgan fingerprint density at radius 1 is 1.20 bits per heavy atom. The molecule has 2 rings (SSSR count). The molecule has 0 radical (unpaired) electrons. The predicted octanol–water partition coefficient (Wildman–Crippen LogP) is 0.986. The minimum atomic E-state index is -0.653. The van der Waals surface area contributed by atoms with Crippen molar-refractivity contribution in [3.63, 3.8) is 0 Å². The van der Waals surface area contributed by atoms with Crippen LogP contribution in [0.25, 0.3) is 0 Å². The number of nitrogens with zero attached hydrogens (tertiary/aromatic N) is 1. The maximum atomic E-state index is 12.0. The first-order valence-corrected chi connectivity index (χ1v) is 5.94. The molecule has 2 amide bonds. The van der Waals surface area contributed by atoms with E-state index in [9.17, 15) is 14.4 Å². The number of amides is 2. The highest BCUT2D eigenvalue weighted by atomic mass is 16.5. The van der Waals surface area contributed by atoms with Crippen molar-refractivity contribution >= 4 is 17.8 Å². The van der Waals surface area contributed by atoms with Crippen LogP contribution in [0.4, 0.5) is 0 Å². The van der Waals surface area contributed by atoms with E-state index in [1.165, 1.54) is 19.4 Å². The van der Waals surface area contributed by atoms with E-state index in [0.29, 0.717) is 11.1 Å². The van der Waals surface area contributed by atoms with Crippen LogP contribution < -0.4 is 0 Å². The molecule has 6 heteroatoms. The van der Waals surface area contributed by atoms with E-state index in [1.807, 2.05) is 0 Å². The molecule has 6 nitrogen and oxygen atoms in total. The fourth-order valence-electron chi connectivity index (χ4n) is 1.83. The van der Waals surface area contributed by atoms with Gasteiger partial charge in [-0.3, -0.25) is 19.3 Å². The number of ether oxygens (including phenoxy) is 2. The second-order valence-corrected chi connectivity index (χ2v) is 4.03. The SMILES string of the molecule is CO/C=C/COC(=O)CN1C(=O)c2ccccc2C1=O. The molecule has 104 valence electrons. The quantitative estimate of drug-likeness (QED) is 0.455. The third-order valence-electron chi connectivity index (χ3n) is 2.74. The van der Waals surface area contributed by atoms with Gasteiger partial charge in [0.1, 0.15) is 13.2 Å². The number of carbonyl (C=O) groups is 3. The van der Waals surface area contributed by atoms with Gasteiger partial charge in [-0.15, -0.1) is 0 Å². The van der Waals surface area contributed by atoms with E-state index >= 15 is 0 Å². The summed E-state index contributed by atoms with van der Waals surface area (Å²) < 4.78 is 9.49. The van der Waals surface area contributed by atoms with Crippen molar-refractivity contribution < 1.29 is 23.9 Å². The third-order valence-corrected chi connectivity index (χ3v) is 2.74. The predicted molar refractivity (Wildman–Crippen MR) is 68.9 cm³/mol. The van der Waals surface area contributed by atoms with Gasteiger partial charge < -0.3 is 9.47 Å². The molecule has 0 unspecified atom stereocenters. The highest BCUT2D eigenvalue weighted by molar-refractivity contribution is 6.22. The summed E-state index contributed by atoms with van der Waals surface area (Å²) >= 11 is 0. The first-order valence-electron chi connectivity index (χ1n) is 5.94. The van der Waals surface area contributed by atoms with Gasteiger partial charge in [-0.1, -0.05) is 12.1 Å². The Labute approximate surface area is 115 Å². The minimum Gasteiger partial charge on any atom is -0.505 e. The average Bonchev–Trinajstić information content (AvgIpc) is 2.69. The molecule has 0 saturated carbocycles. The summed E-state index contributed by atoms with van der Waals surface area (Å²) in [5, 5.41) is 0. The number of rotatable bonds is 5. The van der Waals surface area contributed by atoms with E-state index in [-0.39, 0.29) is 6.61 Å². The van der Waals surface area contributed by atoms with Crippen molar-refractivity contribution in [2.75, 3.05) is 20.3 Å². The Morgan fingerprint density at radius 2 is 1.80 bits per heavy atom. The van der Waals surface area contributed by atoms with Crippen molar-refractivity contribution in [3.05, 3.63) is 47.7 Å². The Balaban J connectivity index is 1.98. The summed E-state index contributed by atoms with van der Waals surface area (Å²) in [7, 11) is 1.47. The normalized spacial score (nSPS) is 13.8. The van der Waals surface area contributed by atoms with Crippen LogP contribution in [-0.4, -0.2) is 42.9 Å². The lowest BCUT2D eigenvalue weighted by atomic mass is 10.1. The van der Waals surface area contributed by atoms with Crippen LogP contribution in [0.2, 0.25) is 0 Å². The number of carbonyl (C=O) groups excluding carboxylic acids is 3. The van der Waals surface area contributed by atoms with Gasteiger partial charge in [0.25, 0.3) is 11.8 Å². The van der Waals surface area contributed by atoms with Gasteiger partial charge in [0.05, 0.1) is 24.5 Å². The van der Waals surface area contributed by atoms with E-state index in [0.717, 1.165) is 4.90 Å². The standard InChI is InChI=1S/C14H13NO5/c1-19-7-4-8-20-12(16)9-15-13(17)10-5-2-3-6-11(10)14(15)18/h2-7H,8-9H2,1H3/b7-4+. The van der Waals surface area contributed by atoms with Crippen molar-refractivity contribution in [1.82, 2.24) is 4.90 Å². The maximum absolute atomic E-state index is 12.0. The molecule has 1 aromatic rings. The highest BCUT2D eigenvalue weighted by Gasteiger charge is 2.36. The van der Waals surface area contributed by atoms with Crippen LogP contribution in [-0.2, 0) is 14.3 Å². The lowest BCUT2D eigenvalue weighted by molar-refractivity contribution is -0.142. The van der Waals surface area contributed by atoms with Crippen LogP contribution in [0.15, 0.2) is 36.6 Å². The van der Waals surface area contributed by atoms with Crippen LogP contribution in [0, 0.1) is 0 Å². The molecule has 0 aromatic heterocycles. The molecule has 0 spiro atoms. The van der Waals surface area contributed by atoms with Crippen molar-refractivity contribution in [2.45, 2.75) is 0 Å². The van der Waals surface area contributed by atoms with Crippen LogP contribution in [0.5, 0.6) is 0 Å². The largest absolute Gasteiger partial charge is 0.505 e. The molecular weight excluding hydrogens is 262 g/mol. The summed E-state index contributed by atoms with van der Waals surface area (Å²) in [6.07, 6.45) is 2.87. The van der Waals surface area contributed by atoms with Gasteiger partial charge in [-0.25, -0.2) is 0 Å². The molecule has 1 aromatic carbocycles. The van der Waals surface area contributed by atoms with Gasteiger partial charge in [0.15, 0.2) is 0 Å². The second kappa shape index (κ2) is 6.01. The van der Waals surface area contributed by atoms with Gasteiger partial charge in [-0.2, -0.15) is 0 Å². The molecule has 0 aliphatic carbocycles. The maximum Gasteiger partial charge on any atom is 0.326 e.